The lowest BCUT2D eigenvalue weighted by atomic mass is 10.1. The maximum Gasteiger partial charge on any atom is 0.317 e. The zero-order valence-corrected chi connectivity index (χ0v) is 11.9. The van der Waals surface area contributed by atoms with Crippen LogP contribution in [0.5, 0.6) is 5.88 Å². The number of urea groups is 1. The third-order valence-corrected chi connectivity index (χ3v) is 3.28. The number of nitrogens with zero attached hydrogens (tertiary/aromatic N) is 3. The van der Waals surface area contributed by atoms with Crippen molar-refractivity contribution >= 4 is 11.8 Å². The zero-order chi connectivity index (χ0) is 14.4. The molecule has 1 aliphatic rings. The van der Waals surface area contributed by atoms with Crippen molar-refractivity contribution in [2.75, 3.05) is 32.1 Å². The molecule has 0 bridgehead atoms. The number of anilines is 1. The molecule has 7 heteroatoms. The van der Waals surface area contributed by atoms with Crippen LogP contribution in [-0.2, 0) is 0 Å². The number of rotatable bonds is 4. The number of carbonyl (C=O) groups excluding carboxylic acids is 1. The van der Waals surface area contributed by atoms with E-state index >= 15 is 0 Å². The first kappa shape index (κ1) is 14.4. The third-order valence-electron chi connectivity index (χ3n) is 3.28. The first-order valence-electron chi connectivity index (χ1n) is 6.91. The summed E-state index contributed by atoms with van der Waals surface area (Å²) in [6.45, 7) is 3.95. The molecular weight excluding hydrogens is 258 g/mol. The lowest BCUT2D eigenvalue weighted by Gasteiger charge is -2.32. The number of amides is 2. The average molecular weight is 279 g/mol. The van der Waals surface area contributed by atoms with Crippen molar-refractivity contribution in [2.45, 2.75) is 25.8 Å². The molecule has 7 nitrogen and oxygen atoms in total. The fourth-order valence-corrected chi connectivity index (χ4v) is 2.24. The van der Waals surface area contributed by atoms with Gasteiger partial charge in [0.05, 0.1) is 6.61 Å². The number of hydrogen-bond donors (Lipinski definition) is 2. The molecule has 110 valence electrons. The molecule has 1 saturated heterocycles. The highest BCUT2D eigenvalue weighted by molar-refractivity contribution is 5.73. The monoisotopic (exact) mass is 279 g/mol. The Bertz CT molecular complexity index is 446. The first-order chi connectivity index (χ1) is 9.74. The standard InChI is InChI=1S/C13H21N5O2/c1-3-20-12-11(15-6-7-16-12)17-10-4-8-18(9-5-10)13(19)14-2/h6-7,10H,3-5,8-9H2,1-2H3,(H,14,19)(H,15,17). The fraction of sp³-hybridized carbons (Fsp3) is 0.615. The topological polar surface area (TPSA) is 79.4 Å². The molecule has 0 atom stereocenters. The van der Waals surface area contributed by atoms with Gasteiger partial charge in [-0.25, -0.2) is 14.8 Å². The van der Waals surface area contributed by atoms with Gasteiger partial charge in [0.1, 0.15) is 0 Å². The molecule has 0 radical (unpaired) electrons. The molecule has 2 rings (SSSR count). The lowest BCUT2D eigenvalue weighted by molar-refractivity contribution is 0.185. The highest BCUT2D eigenvalue weighted by Crippen LogP contribution is 2.21. The summed E-state index contributed by atoms with van der Waals surface area (Å²) in [5.74, 6) is 1.21. The number of nitrogens with one attached hydrogen (secondary N) is 2. The first-order valence-corrected chi connectivity index (χ1v) is 6.91. The molecular formula is C13H21N5O2. The molecule has 1 fully saturated rings. The van der Waals surface area contributed by atoms with Gasteiger partial charge in [-0.1, -0.05) is 0 Å². The van der Waals surface area contributed by atoms with Gasteiger partial charge >= 0.3 is 6.03 Å². The normalized spacial score (nSPS) is 15.8. The minimum absolute atomic E-state index is 0.0158. The highest BCUT2D eigenvalue weighted by Gasteiger charge is 2.23. The quantitative estimate of drug-likeness (QED) is 0.862. The molecule has 1 aliphatic heterocycles. The summed E-state index contributed by atoms with van der Waals surface area (Å²) in [6.07, 6.45) is 5.03. The van der Waals surface area contributed by atoms with Crippen LogP contribution in [0.4, 0.5) is 10.6 Å². The molecule has 2 amide bonds. The number of likely N-dealkylation sites (tertiary alicyclic amines) is 1. The van der Waals surface area contributed by atoms with E-state index in [0.29, 0.717) is 18.3 Å². The molecule has 20 heavy (non-hydrogen) atoms. The Kier molecular flexibility index (Phi) is 4.97. The second-order valence-electron chi connectivity index (χ2n) is 4.60. The second kappa shape index (κ2) is 6.93. The fourth-order valence-electron chi connectivity index (χ4n) is 2.24. The smallest absolute Gasteiger partial charge is 0.317 e. The van der Waals surface area contributed by atoms with E-state index in [9.17, 15) is 4.79 Å². The van der Waals surface area contributed by atoms with Crippen molar-refractivity contribution in [3.05, 3.63) is 12.4 Å². The van der Waals surface area contributed by atoms with Crippen molar-refractivity contribution in [3.63, 3.8) is 0 Å². The predicted octanol–water partition coefficient (Wildman–Crippen LogP) is 1.09. The number of aromatic nitrogens is 2. The van der Waals surface area contributed by atoms with Gasteiger partial charge in [-0.15, -0.1) is 0 Å². The van der Waals surface area contributed by atoms with E-state index in [4.69, 9.17) is 4.74 Å². The number of carbonyl (C=O) groups is 1. The van der Waals surface area contributed by atoms with Gasteiger partial charge in [0.25, 0.3) is 5.88 Å². The Hall–Kier alpha value is -2.05. The van der Waals surface area contributed by atoms with Crippen LogP contribution in [0.15, 0.2) is 12.4 Å². The Morgan fingerprint density at radius 3 is 2.75 bits per heavy atom. The van der Waals surface area contributed by atoms with Crippen molar-refractivity contribution < 1.29 is 9.53 Å². The van der Waals surface area contributed by atoms with Crippen LogP contribution >= 0.6 is 0 Å². The van der Waals surface area contributed by atoms with Gasteiger partial charge in [0.2, 0.25) is 0 Å². The molecule has 0 aromatic carbocycles. The lowest BCUT2D eigenvalue weighted by Crippen LogP contribution is -2.46. The van der Waals surface area contributed by atoms with E-state index in [1.54, 1.807) is 19.4 Å². The van der Waals surface area contributed by atoms with E-state index in [-0.39, 0.29) is 12.1 Å². The van der Waals surface area contributed by atoms with Gasteiger partial charge in [-0.3, -0.25) is 0 Å². The summed E-state index contributed by atoms with van der Waals surface area (Å²) in [7, 11) is 1.65. The zero-order valence-electron chi connectivity index (χ0n) is 11.9. The van der Waals surface area contributed by atoms with Gasteiger partial charge in [0, 0.05) is 38.6 Å². The third kappa shape index (κ3) is 3.49. The van der Waals surface area contributed by atoms with E-state index in [1.165, 1.54) is 0 Å². The van der Waals surface area contributed by atoms with Crippen molar-refractivity contribution in [2.24, 2.45) is 0 Å². The van der Waals surface area contributed by atoms with E-state index in [0.717, 1.165) is 25.9 Å². The molecule has 1 aromatic rings. The van der Waals surface area contributed by atoms with Gasteiger partial charge in [-0.2, -0.15) is 0 Å². The predicted molar refractivity (Wildman–Crippen MR) is 75.9 cm³/mol. The Morgan fingerprint density at radius 1 is 1.40 bits per heavy atom. The van der Waals surface area contributed by atoms with Crippen LogP contribution in [0.2, 0.25) is 0 Å². The van der Waals surface area contributed by atoms with Crippen LogP contribution in [0.25, 0.3) is 0 Å². The van der Waals surface area contributed by atoms with Crippen molar-refractivity contribution in [1.29, 1.82) is 0 Å². The maximum absolute atomic E-state index is 11.5. The number of hydrogen-bond acceptors (Lipinski definition) is 5. The van der Waals surface area contributed by atoms with Crippen molar-refractivity contribution in [1.82, 2.24) is 20.2 Å². The molecule has 0 unspecified atom stereocenters. The SMILES string of the molecule is CCOc1nccnc1NC1CCN(C(=O)NC)CC1. The summed E-state index contributed by atoms with van der Waals surface area (Å²) >= 11 is 0. The van der Waals surface area contributed by atoms with Crippen molar-refractivity contribution in [3.8, 4) is 5.88 Å². The molecule has 2 heterocycles. The van der Waals surface area contributed by atoms with Crippen LogP contribution < -0.4 is 15.4 Å². The number of ether oxygens (including phenoxy) is 1. The Balaban J connectivity index is 1.91. The summed E-state index contributed by atoms with van der Waals surface area (Å²) in [5, 5.41) is 6.00. The van der Waals surface area contributed by atoms with Crippen LogP contribution in [0.3, 0.4) is 0 Å². The van der Waals surface area contributed by atoms with Gasteiger partial charge < -0.3 is 20.3 Å². The molecule has 0 spiro atoms. The minimum Gasteiger partial charge on any atom is -0.475 e. The van der Waals surface area contributed by atoms with Crippen LogP contribution in [-0.4, -0.2) is 53.7 Å². The largest absolute Gasteiger partial charge is 0.475 e. The van der Waals surface area contributed by atoms with E-state index in [1.807, 2.05) is 11.8 Å². The summed E-state index contributed by atoms with van der Waals surface area (Å²) in [5.41, 5.74) is 0. The number of piperidine rings is 1. The average Bonchev–Trinajstić information content (AvgIpc) is 2.49. The summed E-state index contributed by atoms with van der Waals surface area (Å²) < 4.78 is 5.44. The van der Waals surface area contributed by atoms with Gasteiger partial charge in [0.15, 0.2) is 5.82 Å². The highest BCUT2D eigenvalue weighted by atomic mass is 16.5. The minimum atomic E-state index is -0.0158. The van der Waals surface area contributed by atoms with E-state index < -0.39 is 0 Å². The molecule has 1 aromatic heterocycles. The molecule has 0 aliphatic carbocycles. The summed E-state index contributed by atoms with van der Waals surface area (Å²) in [4.78, 5) is 21.8. The second-order valence-corrected chi connectivity index (χ2v) is 4.60. The van der Waals surface area contributed by atoms with Crippen LogP contribution in [0, 0.1) is 0 Å². The molecule has 0 saturated carbocycles. The van der Waals surface area contributed by atoms with E-state index in [2.05, 4.69) is 20.6 Å². The summed E-state index contributed by atoms with van der Waals surface area (Å²) in [6, 6.07) is 0.268. The van der Waals surface area contributed by atoms with Crippen LogP contribution in [0.1, 0.15) is 19.8 Å². The Morgan fingerprint density at radius 2 is 2.10 bits per heavy atom. The maximum atomic E-state index is 11.5. The molecule has 2 N–H and O–H groups in total. The Labute approximate surface area is 118 Å². The van der Waals surface area contributed by atoms with Gasteiger partial charge in [-0.05, 0) is 19.8 Å².